The molecule has 1 amide bonds. The van der Waals surface area contributed by atoms with Crippen LogP contribution >= 0.6 is 0 Å². The zero-order chi connectivity index (χ0) is 17.8. The third-order valence-corrected chi connectivity index (χ3v) is 3.37. The van der Waals surface area contributed by atoms with Gasteiger partial charge < -0.3 is 14.5 Å². The van der Waals surface area contributed by atoms with Gasteiger partial charge >= 0.3 is 0 Å². The molecule has 0 aliphatic rings. The van der Waals surface area contributed by atoms with Gasteiger partial charge in [0.25, 0.3) is 5.91 Å². The molecule has 0 spiro atoms. The monoisotopic (exact) mass is 347 g/mol. The minimum absolute atomic E-state index is 0.0452. The summed E-state index contributed by atoms with van der Waals surface area (Å²) < 4.78 is 50.4. The van der Waals surface area contributed by atoms with E-state index in [9.17, 15) is 18.0 Å². The Morgan fingerprint density at radius 1 is 1.00 bits per heavy atom. The lowest BCUT2D eigenvalue weighted by molar-refractivity contribution is 0.0992. The van der Waals surface area contributed by atoms with Crippen LogP contribution in [0.2, 0.25) is 0 Å². The second kappa shape index (κ2) is 7.12. The summed E-state index contributed by atoms with van der Waals surface area (Å²) in [5, 5.41) is 2.15. The molecule has 0 radical (unpaired) electrons. The van der Waals surface area contributed by atoms with E-state index in [4.69, 9.17) is 9.15 Å². The molecule has 0 unspecified atom stereocenters. The van der Waals surface area contributed by atoms with E-state index in [1.807, 2.05) is 6.07 Å². The number of anilines is 1. The third kappa shape index (κ3) is 3.65. The highest BCUT2D eigenvalue weighted by molar-refractivity contribution is 6.03. The molecule has 0 aliphatic carbocycles. The molecule has 1 N–H and O–H groups in total. The fourth-order valence-corrected chi connectivity index (χ4v) is 2.13. The topological polar surface area (TPSA) is 51.5 Å². The Morgan fingerprint density at radius 2 is 1.76 bits per heavy atom. The quantitative estimate of drug-likeness (QED) is 0.690. The maximum absolute atomic E-state index is 13.6. The molecule has 0 fully saturated rings. The van der Waals surface area contributed by atoms with Crippen LogP contribution in [0, 0.1) is 17.5 Å². The molecule has 1 aromatic heterocycles. The first-order valence-corrected chi connectivity index (χ1v) is 7.25. The molecular formula is C18H12F3NO3. The molecule has 1 heterocycles. The Kier molecular flexibility index (Phi) is 4.74. The highest BCUT2D eigenvalue weighted by atomic mass is 19.2. The van der Waals surface area contributed by atoms with Gasteiger partial charge in [-0.25, -0.2) is 13.2 Å². The minimum Gasteiger partial charge on any atom is -0.489 e. The number of rotatable bonds is 5. The zero-order valence-corrected chi connectivity index (χ0v) is 12.8. The lowest BCUT2D eigenvalue weighted by Gasteiger charge is -2.08. The van der Waals surface area contributed by atoms with Gasteiger partial charge in [0.2, 0.25) is 0 Å². The first-order chi connectivity index (χ1) is 12.1. The molecule has 0 saturated heterocycles. The van der Waals surface area contributed by atoms with Crippen LogP contribution in [0.3, 0.4) is 0 Å². The van der Waals surface area contributed by atoms with Crippen LogP contribution < -0.4 is 10.1 Å². The van der Waals surface area contributed by atoms with Crippen LogP contribution in [0.1, 0.15) is 16.1 Å². The van der Waals surface area contributed by atoms with Gasteiger partial charge in [0.1, 0.15) is 12.4 Å². The van der Waals surface area contributed by atoms with Gasteiger partial charge in [-0.05, 0) is 30.3 Å². The summed E-state index contributed by atoms with van der Waals surface area (Å²) in [6.07, 6.45) is 1.28. The van der Waals surface area contributed by atoms with Crippen molar-refractivity contribution in [2.75, 3.05) is 5.32 Å². The maximum Gasteiger partial charge on any atom is 0.291 e. The first-order valence-electron chi connectivity index (χ1n) is 7.25. The van der Waals surface area contributed by atoms with Gasteiger partial charge in [0.05, 0.1) is 12.0 Å². The standard InChI is InChI=1S/C18H12F3NO3/c19-13-6-7-14(16(21)15(13)20)22-18(23)17-11(8-9-24-17)10-25-12-4-2-1-3-5-12/h1-9H,10H2,(H,22,23). The summed E-state index contributed by atoms with van der Waals surface area (Å²) in [6.45, 7) is 0.0452. The van der Waals surface area contributed by atoms with Crippen molar-refractivity contribution in [3.05, 3.63) is 83.6 Å². The summed E-state index contributed by atoms with van der Waals surface area (Å²) in [4.78, 5) is 12.2. The van der Waals surface area contributed by atoms with E-state index >= 15 is 0 Å². The van der Waals surface area contributed by atoms with Crippen molar-refractivity contribution in [1.82, 2.24) is 0 Å². The highest BCUT2D eigenvalue weighted by Gasteiger charge is 2.20. The van der Waals surface area contributed by atoms with Gasteiger partial charge in [-0.3, -0.25) is 4.79 Å². The van der Waals surface area contributed by atoms with Crippen LogP contribution in [0.5, 0.6) is 5.75 Å². The molecule has 3 rings (SSSR count). The van der Waals surface area contributed by atoms with Crippen LogP contribution in [-0.2, 0) is 6.61 Å². The SMILES string of the molecule is O=C(Nc1ccc(F)c(F)c1F)c1occc1COc1ccccc1. The van der Waals surface area contributed by atoms with E-state index in [-0.39, 0.29) is 12.4 Å². The average Bonchev–Trinajstić information content (AvgIpc) is 3.10. The normalized spacial score (nSPS) is 10.5. The molecule has 7 heteroatoms. The van der Waals surface area contributed by atoms with Crippen molar-refractivity contribution in [1.29, 1.82) is 0 Å². The molecule has 0 saturated carbocycles. The highest BCUT2D eigenvalue weighted by Crippen LogP contribution is 2.22. The predicted molar refractivity (Wildman–Crippen MR) is 83.8 cm³/mol. The number of furan rings is 1. The van der Waals surface area contributed by atoms with Gasteiger partial charge in [0, 0.05) is 5.56 Å². The van der Waals surface area contributed by atoms with Crippen LogP contribution in [-0.4, -0.2) is 5.91 Å². The summed E-state index contributed by atoms with van der Waals surface area (Å²) in [5.41, 5.74) is -0.0698. The molecule has 4 nitrogen and oxygen atoms in total. The number of amides is 1. The molecule has 0 aliphatic heterocycles. The Bertz CT molecular complexity index is 894. The van der Waals surface area contributed by atoms with Crippen LogP contribution in [0.25, 0.3) is 0 Å². The maximum atomic E-state index is 13.6. The number of carbonyl (C=O) groups excluding carboxylic acids is 1. The van der Waals surface area contributed by atoms with E-state index in [1.54, 1.807) is 24.3 Å². The molecule has 3 aromatic rings. The van der Waals surface area contributed by atoms with E-state index in [1.165, 1.54) is 12.3 Å². The van der Waals surface area contributed by atoms with Crippen molar-refractivity contribution in [2.45, 2.75) is 6.61 Å². The second-order valence-electron chi connectivity index (χ2n) is 5.05. The average molecular weight is 347 g/mol. The Labute approximate surface area is 140 Å². The number of carbonyl (C=O) groups is 1. The lowest BCUT2D eigenvalue weighted by atomic mass is 10.2. The van der Waals surface area contributed by atoms with Gasteiger partial charge in [-0.1, -0.05) is 18.2 Å². The summed E-state index contributed by atoms with van der Waals surface area (Å²) in [7, 11) is 0. The van der Waals surface area contributed by atoms with E-state index in [0.717, 1.165) is 12.1 Å². The largest absolute Gasteiger partial charge is 0.489 e. The first kappa shape index (κ1) is 16.6. The second-order valence-corrected chi connectivity index (χ2v) is 5.05. The van der Waals surface area contributed by atoms with Crippen molar-refractivity contribution in [2.24, 2.45) is 0 Å². The molecule has 2 aromatic carbocycles. The molecular weight excluding hydrogens is 335 g/mol. The molecule has 128 valence electrons. The number of para-hydroxylation sites is 1. The Balaban J connectivity index is 1.73. The van der Waals surface area contributed by atoms with E-state index in [2.05, 4.69) is 5.32 Å². The van der Waals surface area contributed by atoms with Crippen molar-refractivity contribution in [3.63, 3.8) is 0 Å². The summed E-state index contributed by atoms with van der Waals surface area (Å²) >= 11 is 0. The molecule has 0 bridgehead atoms. The van der Waals surface area contributed by atoms with Gasteiger partial charge in [0.15, 0.2) is 23.2 Å². The fraction of sp³-hybridized carbons (Fsp3) is 0.0556. The van der Waals surface area contributed by atoms with Crippen LogP contribution in [0.15, 0.2) is 59.2 Å². The van der Waals surface area contributed by atoms with Gasteiger partial charge in [-0.2, -0.15) is 0 Å². The van der Waals surface area contributed by atoms with Gasteiger partial charge in [-0.15, -0.1) is 0 Å². The zero-order valence-electron chi connectivity index (χ0n) is 12.8. The van der Waals surface area contributed by atoms with E-state index in [0.29, 0.717) is 11.3 Å². The number of hydrogen-bond acceptors (Lipinski definition) is 3. The molecule has 25 heavy (non-hydrogen) atoms. The Morgan fingerprint density at radius 3 is 2.52 bits per heavy atom. The van der Waals surface area contributed by atoms with Crippen molar-refractivity contribution < 1.29 is 27.1 Å². The fourth-order valence-electron chi connectivity index (χ4n) is 2.13. The number of benzene rings is 2. The van der Waals surface area contributed by atoms with Crippen molar-refractivity contribution >= 4 is 11.6 Å². The Hall–Kier alpha value is -3.22. The number of nitrogens with one attached hydrogen (secondary N) is 1. The minimum atomic E-state index is -1.66. The predicted octanol–water partition coefficient (Wildman–Crippen LogP) is 4.53. The number of ether oxygens (including phenoxy) is 1. The van der Waals surface area contributed by atoms with Crippen molar-refractivity contribution in [3.8, 4) is 5.75 Å². The van der Waals surface area contributed by atoms with Crippen LogP contribution in [0.4, 0.5) is 18.9 Å². The molecule has 0 atom stereocenters. The smallest absolute Gasteiger partial charge is 0.291 e. The third-order valence-electron chi connectivity index (χ3n) is 3.37. The summed E-state index contributed by atoms with van der Waals surface area (Å²) in [5.74, 6) is -4.80. The summed E-state index contributed by atoms with van der Waals surface area (Å²) in [6, 6.07) is 12.1. The number of hydrogen-bond donors (Lipinski definition) is 1. The lowest BCUT2D eigenvalue weighted by Crippen LogP contribution is -2.15. The number of halogens is 3. The van der Waals surface area contributed by atoms with E-state index < -0.39 is 29.0 Å².